The normalized spacial score (nSPS) is 12.2. The van der Waals surface area contributed by atoms with E-state index in [0.29, 0.717) is 25.4 Å². The average molecular weight is 333 g/mol. The summed E-state index contributed by atoms with van der Waals surface area (Å²) < 4.78 is 24.0. The van der Waals surface area contributed by atoms with Crippen molar-refractivity contribution in [2.24, 2.45) is 0 Å². The highest BCUT2D eigenvalue weighted by Crippen LogP contribution is 2.16. The van der Waals surface area contributed by atoms with Crippen molar-refractivity contribution in [1.82, 2.24) is 4.90 Å². The van der Waals surface area contributed by atoms with Crippen LogP contribution in [0, 0.1) is 12.7 Å². The predicted octanol–water partition coefficient (Wildman–Crippen LogP) is 2.88. The number of halogens is 1. The van der Waals surface area contributed by atoms with E-state index in [1.165, 1.54) is 12.1 Å². The predicted molar refractivity (Wildman–Crippen MR) is 92.1 cm³/mol. The summed E-state index contributed by atoms with van der Waals surface area (Å²) in [5.74, 6) is 1.14. The van der Waals surface area contributed by atoms with Crippen molar-refractivity contribution in [3.63, 3.8) is 0 Å². The van der Waals surface area contributed by atoms with E-state index in [9.17, 15) is 9.50 Å². The fraction of sp³-hybridized carbons (Fsp3) is 0.368. The van der Waals surface area contributed by atoms with Crippen LogP contribution in [0.2, 0.25) is 0 Å². The first-order chi connectivity index (χ1) is 11.5. The molecule has 130 valence electrons. The Morgan fingerprint density at radius 1 is 1.08 bits per heavy atom. The maximum atomic E-state index is 12.8. The van der Waals surface area contributed by atoms with Gasteiger partial charge in [0.2, 0.25) is 0 Å². The molecule has 2 aromatic carbocycles. The number of ether oxygens (including phenoxy) is 2. The Bertz CT molecular complexity index is 618. The minimum Gasteiger partial charge on any atom is -0.492 e. The van der Waals surface area contributed by atoms with Crippen molar-refractivity contribution in [2.45, 2.75) is 13.0 Å². The number of nitrogens with zero attached hydrogens (tertiary/aromatic N) is 1. The van der Waals surface area contributed by atoms with E-state index in [-0.39, 0.29) is 12.4 Å². The molecule has 1 N–H and O–H groups in total. The van der Waals surface area contributed by atoms with Crippen molar-refractivity contribution in [1.29, 1.82) is 0 Å². The molecular formula is C19H24FNO3. The molecule has 4 nitrogen and oxygen atoms in total. The summed E-state index contributed by atoms with van der Waals surface area (Å²) in [5.41, 5.74) is 1.05. The molecule has 0 aliphatic carbocycles. The largest absolute Gasteiger partial charge is 0.492 e. The third-order valence-corrected chi connectivity index (χ3v) is 3.60. The summed E-state index contributed by atoms with van der Waals surface area (Å²) in [4.78, 5) is 1.97. The molecule has 5 heteroatoms. The second-order valence-corrected chi connectivity index (χ2v) is 5.79. The third kappa shape index (κ3) is 6.18. The molecule has 0 aromatic heterocycles. The molecule has 0 radical (unpaired) electrons. The summed E-state index contributed by atoms with van der Waals surface area (Å²) in [6.45, 7) is 3.82. The second kappa shape index (κ2) is 9.25. The molecule has 0 fully saturated rings. The van der Waals surface area contributed by atoms with Crippen LogP contribution in [0.25, 0.3) is 0 Å². The first kappa shape index (κ1) is 18.2. The molecule has 0 saturated heterocycles. The molecule has 0 spiro atoms. The van der Waals surface area contributed by atoms with Gasteiger partial charge in [0.05, 0.1) is 0 Å². The van der Waals surface area contributed by atoms with Crippen molar-refractivity contribution in [2.75, 3.05) is 33.4 Å². The van der Waals surface area contributed by atoms with Crippen molar-refractivity contribution in [3.8, 4) is 11.5 Å². The van der Waals surface area contributed by atoms with Crippen molar-refractivity contribution >= 4 is 0 Å². The molecule has 2 rings (SSSR count). The van der Waals surface area contributed by atoms with Gasteiger partial charge >= 0.3 is 0 Å². The van der Waals surface area contributed by atoms with Crippen LogP contribution in [0.4, 0.5) is 4.39 Å². The number of likely N-dealkylation sites (N-methyl/N-ethyl adjacent to an activating group) is 1. The van der Waals surface area contributed by atoms with E-state index in [1.54, 1.807) is 12.1 Å². The monoisotopic (exact) mass is 333 g/mol. The lowest BCUT2D eigenvalue weighted by atomic mass is 10.2. The standard InChI is InChI=1S/C19H24FNO3/c1-15-5-3-4-6-19(15)24-14-17(22)13-21(2)11-12-23-18-9-7-16(20)8-10-18/h3-10,17,22H,11-14H2,1-2H3. The molecule has 2 aromatic rings. The minimum absolute atomic E-state index is 0.244. The number of benzene rings is 2. The Morgan fingerprint density at radius 3 is 2.50 bits per heavy atom. The molecule has 0 bridgehead atoms. The smallest absolute Gasteiger partial charge is 0.123 e. The Balaban J connectivity index is 1.65. The highest BCUT2D eigenvalue weighted by atomic mass is 19.1. The van der Waals surface area contributed by atoms with Crippen LogP contribution in [-0.2, 0) is 0 Å². The van der Waals surface area contributed by atoms with Gasteiger partial charge in [-0.3, -0.25) is 0 Å². The van der Waals surface area contributed by atoms with Gasteiger partial charge in [-0.1, -0.05) is 18.2 Å². The van der Waals surface area contributed by atoms with E-state index < -0.39 is 6.10 Å². The van der Waals surface area contributed by atoms with Crippen LogP contribution >= 0.6 is 0 Å². The summed E-state index contributed by atoms with van der Waals surface area (Å²) >= 11 is 0. The van der Waals surface area contributed by atoms with E-state index in [2.05, 4.69) is 0 Å². The molecule has 0 amide bonds. The van der Waals surface area contributed by atoms with Crippen LogP contribution < -0.4 is 9.47 Å². The zero-order chi connectivity index (χ0) is 17.4. The maximum Gasteiger partial charge on any atom is 0.123 e. The molecular weight excluding hydrogens is 309 g/mol. The van der Waals surface area contributed by atoms with E-state index in [0.717, 1.165) is 11.3 Å². The first-order valence-electron chi connectivity index (χ1n) is 7.98. The summed E-state index contributed by atoms with van der Waals surface area (Å²) in [6.07, 6.45) is -0.583. The average Bonchev–Trinajstić information content (AvgIpc) is 2.56. The highest BCUT2D eigenvalue weighted by Gasteiger charge is 2.10. The number of aliphatic hydroxyl groups is 1. The fourth-order valence-corrected chi connectivity index (χ4v) is 2.26. The topological polar surface area (TPSA) is 41.9 Å². The van der Waals surface area contributed by atoms with Gasteiger partial charge in [-0.15, -0.1) is 0 Å². The number of hydrogen-bond donors (Lipinski definition) is 1. The van der Waals surface area contributed by atoms with Gasteiger partial charge in [-0.25, -0.2) is 4.39 Å². The van der Waals surface area contributed by atoms with Crippen molar-refractivity contribution in [3.05, 3.63) is 59.9 Å². The summed E-state index contributed by atoms with van der Waals surface area (Å²) in [7, 11) is 1.91. The van der Waals surface area contributed by atoms with Gasteiger partial charge in [0.15, 0.2) is 0 Å². The number of para-hydroxylation sites is 1. The zero-order valence-corrected chi connectivity index (χ0v) is 14.1. The van der Waals surface area contributed by atoms with E-state index in [1.807, 2.05) is 43.1 Å². The summed E-state index contributed by atoms with van der Waals surface area (Å²) in [5, 5.41) is 10.1. The van der Waals surface area contributed by atoms with Crippen molar-refractivity contribution < 1.29 is 19.0 Å². The third-order valence-electron chi connectivity index (χ3n) is 3.60. The quantitative estimate of drug-likeness (QED) is 0.766. The Labute approximate surface area is 142 Å². The lowest BCUT2D eigenvalue weighted by Crippen LogP contribution is -2.35. The SMILES string of the molecule is Cc1ccccc1OCC(O)CN(C)CCOc1ccc(F)cc1. The van der Waals surface area contributed by atoms with Gasteiger partial charge in [0.25, 0.3) is 0 Å². The van der Waals surface area contributed by atoms with Gasteiger partial charge in [0.1, 0.15) is 36.6 Å². The Kier molecular flexibility index (Phi) is 7.03. The number of aryl methyl sites for hydroxylation is 1. The number of hydrogen-bond acceptors (Lipinski definition) is 4. The van der Waals surface area contributed by atoms with Gasteiger partial charge in [-0.05, 0) is 49.9 Å². The second-order valence-electron chi connectivity index (χ2n) is 5.79. The van der Waals surface area contributed by atoms with Gasteiger partial charge < -0.3 is 19.5 Å². The van der Waals surface area contributed by atoms with E-state index in [4.69, 9.17) is 9.47 Å². The first-order valence-corrected chi connectivity index (χ1v) is 7.98. The molecule has 24 heavy (non-hydrogen) atoms. The number of aliphatic hydroxyl groups excluding tert-OH is 1. The molecule has 0 saturated carbocycles. The lowest BCUT2D eigenvalue weighted by molar-refractivity contribution is 0.0720. The Hall–Kier alpha value is -2.11. The van der Waals surface area contributed by atoms with Crippen LogP contribution in [0.3, 0.4) is 0 Å². The Morgan fingerprint density at radius 2 is 1.79 bits per heavy atom. The van der Waals surface area contributed by atoms with Gasteiger partial charge in [-0.2, -0.15) is 0 Å². The van der Waals surface area contributed by atoms with Crippen LogP contribution in [0.5, 0.6) is 11.5 Å². The van der Waals surface area contributed by atoms with Crippen LogP contribution in [0.15, 0.2) is 48.5 Å². The van der Waals surface area contributed by atoms with E-state index >= 15 is 0 Å². The lowest BCUT2D eigenvalue weighted by Gasteiger charge is -2.21. The molecule has 0 heterocycles. The minimum atomic E-state index is -0.583. The van der Waals surface area contributed by atoms with Crippen LogP contribution in [-0.4, -0.2) is 49.5 Å². The molecule has 0 aliphatic rings. The summed E-state index contributed by atoms with van der Waals surface area (Å²) in [6, 6.07) is 13.7. The molecule has 0 aliphatic heterocycles. The highest BCUT2D eigenvalue weighted by molar-refractivity contribution is 5.31. The number of rotatable bonds is 9. The van der Waals surface area contributed by atoms with Gasteiger partial charge in [0, 0.05) is 13.1 Å². The van der Waals surface area contributed by atoms with Crippen LogP contribution in [0.1, 0.15) is 5.56 Å². The molecule has 1 unspecified atom stereocenters. The maximum absolute atomic E-state index is 12.8. The molecule has 1 atom stereocenters. The fourth-order valence-electron chi connectivity index (χ4n) is 2.26. The zero-order valence-electron chi connectivity index (χ0n) is 14.1.